The van der Waals surface area contributed by atoms with Gasteiger partial charge in [-0.05, 0) is 50.3 Å². The Morgan fingerprint density at radius 3 is 2.68 bits per heavy atom. The number of nitrogens with zero attached hydrogens (tertiary/aromatic N) is 2. The fourth-order valence-corrected chi connectivity index (χ4v) is 4.82. The van der Waals surface area contributed by atoms with Gasteiger partial charge in [0.2, 0.25) is 5.91 Å². The lowest BCUT2D eigenvalue weighted by Gasteiger charge is -2.36. The van der Waals surface area contributed by atoms with Crippen molar-refractivity contribution in [3.8, 4) is 0 Å². The molecule has 3 N–H and O–H groups in total. The van der Waals surface area contributed by atoms with Crippen molar-refractivity contribution in [3.05, 3.63) is 46.8 Å². The van der Waals surface area contributed by atoms with Crippen LogP contribution < -0.4 is 15.5 Å². The van der Waals surface area contributed by atoms with Gasteiger partial charge in [-0.1, -0.05) is 11.6 Å². The number of benzene rings is 1. The fraction of sp³-hybridized carbons (Fsp3) is 0.429. The molecule has 164 valence electrons. The molecule has 1 spiro atoms. The van der Waals surface area contributed by atoms with Crippen molar-refractivity contribution in [1.82, 2.24) is 20.6 Å². The van der Waals surface area contributed by atoms with E-state index in [1.54, 1.807) is 4.90 Å². The third kappa shape index (κ3) is 3.89. The number of hydrogen-bond acceptors (Lipinski definition) is 4. The number of imidazole rings is 1. The van der Waals surface area contributed by atoms with E-state index < -0.39 is 23.0 Å². The summed E-state index contributed by atoms with van der Waals surface area (Å²) in [4.78, 5) is 46.0. The molecule has 1 aliphatic carbocycles. The molecule has 1 aromatic carbocycles. The van der Waals surface area contributed by atoms with Crippen LogP contribution in [0.2, 0.25) is 5.02 Å². The number of hydrogen-bond donors (Lipinski definition) is 3. The molecule has 4 rings (SSSR count). The van der Waals surface area contributed by atoms with Gasteiger partial charge in [-0.15, -0.1) is 0 Å². The van der Waals surface area contributed by atoms with Crippen molar-refractivity contribution < 1.29 is 18.8 Å². The minimum absolute atomic E-state index is 0.0000101. The average Bonchev–Trinajstić information content (AvgIpc) is 3.36. The van der Waals surface area contributed by atoms with Crippen molar-refractivity contribution in [1.29, 1.82) is 0 Å². The zero-order valence-electron chi connectivity index (χ0n) is 17.0. The fourth-order valence-electron chi connectivity index (χ4n) is 4.55. The van der Waals surface area contributed by atoms with E-state index in [0.717, 1.165) is 0 Å². The number of aromatic amines is 1. The predicted molar refractivity (Wildman–Crippen MR) is 113 cm³/mol. The summed E-state index contributed by atoms with van der Waals surface area (Å²) in [7, 11) is 1.48. The lowest BCUT2D eigenvalue weighted by atomic mass is 9.71. The standard InChI is InChI=1S/C21H23ClFN5O3/c1-24-18(29)16-17(26-11-25-16)19(30)27-13-4-6-21(7-5-13)8-9-28(20(21)31)15-3-2-12(23)10-14(15)22/h2-3,10-11,13H,4-9H2,1H3,(H,24,29)(H,25,26)(H,27,30). The van der Waals surface area contributed by atoms with Gasteiger partial charge in [0.05, 0.1) is 22.5 Å². The molecular formula is C21H23ClFN5O3. The zero-order valence-corrected chi connectivity index (χ0v) is 17.8. The van der Waals surface area contributed by atoms with E-state index in [1.165, 1.54) is 31.6 Å². The van der Waals surface area contributed by atoms with Gasteiger partial charge in [0, 0.05) is 19.6 Å². The molecule has 8 nitrogen and oxygen atoms in total. The highest BCUT2D eigenvalue weighted by Gasteiger charge is 2.49. The number of halogens is 2. The van der Waals surface area contributed by atoms with Crippen molar-refractivity contribution in [2.45, 2.75) is 38.1 Å². The minimum Gasteiger partial charge on any atom is -0.354 e. The molecule has 0 bridgehead atoms. The number of anilines is 1. The summed E-state index contributed by atoms with van der Waals surface area (Å²) in [5.41, 5.74) is 0.206. The van der Waals surface area contributed by atoms with Gasteiger partial charge in [0.15, 0.2) is 5.69 Å². The smallest absolute Gasteiger partial charge is 0.272 e. The number of rotatable bonds is 4. The van der Waals surface area contributed by atoms with E-state index >= 15 is 0 Å². The average molecular weight is 448 g/mol. The van der Waals surface area contributed by atoms with E-state index in [-0.39, 0.29) is 28.4 Å². The van der Waals surface area contributed by atoms with Crippen LogP contribution in [-0.2, 0) is 4.79 Å². The summed E-state index contributed by atoms with van der Waals surface area (Å²) in [6, 6.07) is 3.94. The quantitative estimate of drug-likeness (QED) is 0.669. The summed E-state index contributed by atoms with van der Waals surface area (Å²) in [6.07, 6.45) is 4.55. The molecule has 2 fully saturated rings. The Bertz CT molecular complexity index is 1030. The van der Waals surface area contributed by atoms with Crippen LogP contribution >= 0.6 is 11.6 Å². The molecule has 2 aromatic rings. The molecular weight excluding hydrogens is 425 g/mol. The van der Waals surface area contributed by atoms with Gasteiger partial charge in [-0.25, -0.2) is 9.37 Å². The van der Waals surface area contributed by atoms with E-state index in [1.807, 2.05) is 0 Å². The van der Waals surface area contributed by atoms with E-state index in [4.69, 9.17) is 11.6 Å². The maximum Gasteiger partial charge on any atom is 0.272 e. The molecule has 1 saturated carbocycles. The van der Waals surface area contributed by atoms with Crippen molar-refractivity contribution in [3.63, 3.8) is 0 Å². The first kappa shape index (κ1) is 21.3. The van der Waals surface area contributed by atoms with E-state index in [0.29, 0.717) is 44.3 Å². The summed E-state index contributed by atoms with van der Waals surface area (Å²) < 4.78 is 13.4. The Balaban J connectivity index is 1.40. The van der Waals surface area contributed by atoms with Crippen LogP contribution in [0.4, 0.5) is 10.1 Å². The first-order valence-electron chi connectivity index (χ1n) is 10.2. The maximum absolute atomic E-state index is 13.4. The van der Waals surface area contributed by atoms with Crippen LogP contribution in [-0.4, -0.2) is 47.3 Å². The Labute approximate surface area is 183 Å². The van der Waals surface area contributed by atoms with Crippen LogP contribution in [0, 0.1) is 11.2 Å². The molecule has 10 heteroatoms. The summed E-state index contributed by atoms with van der Waals surface area (Å²) in [5.74, 6) is -1.28. The molecule has 1 saturated heterocycles. The molecule has 2 aliphatic rings. The summed E-state index contributed by atoms with van der Waals surface area (Å²) in [6.45, 7) is 0.532. The van der Waals surface area contributed by atoms with Gasteiger partial charge < -0.3 is 20.5 Å². The normalized spacial score (nSPS) is 23.3. The zero-order chi connectivity index (χ0) is 22.2. The highest BCUT2D eigenvalue weighted by molar-refractivity contribution is 6.34. The first-order valence-corrected chi connectivity index (χ1v) is 10.6. The van der Waals surface area contributed by atoms with Crippen LogP contribution in [0.25, 0.3) is 0 Å². The highest BCUT2D eigenvalue weighted by Crippen LogP contribution is 2.47. The number of nitrogens with one attached hydrogen (secondary N) is 3. The minimum atomic E-state index is -0.488. The Morgan fingerprint density at radius 1 is 1.26 bits per heavy atom. The number of carbonyl (C=O) groups is 3. The molecule has 0 atom stereocenters. The number of amides is 3. The monoisotopic (exact) mass is 447 g/mol. The van der Waals surface area contributed by atoms with Gasteiger partial charge in [0.1, 0.15) is 11.5 Å². The highest BCUT2D eigenvalue weighted by atomic mass is 35.5. The SMILES string of the molecule is CNC(=O)c1[nH]cnc1C(=O)NC1CCC2(CC1)CCN(c1ccc(F)cc1Cl)C2=O. The molecule has 3 amide bonds. The number of aromatic nitrogens is 2. The van der Waals surface area contributed by atoms with Gasteiger partial charge in [-0.2, -0.15) is 0 Å². The van der Waals surface area contributed by atoms with Crippen molar-refractivity contribution in [2.24, 2.45) is 5.41 Å². The molecule has 2 heterocycles. The maximum atomic E-state index is 13.4. The lowest BCUT2D eigenvalue weighted by molar-refractivity contribution is -0.127. The van der Waals surface area contributed by atoms with Crippen molar-refractivity contribution in [2.75, 3.05) is 18.5 Å². The molecule has 1 aliphatic heterocycles. The van der Waals surface area contributed by atoms with Gasteiger partial charge >= 0.3 is 0 Å². The first-order chi connectivity index (χ1) is 14.8. The van der Waals surface area contributed by atoms with E-state index in [2.05, 4.69) is 20.6 Å². The lowest BCUT2D eigenvalue weighted by Crippen LogP contribution is -2.44. The second kappa shape index (κ2) is 8.30. The molecule has 31 heavy (non-hydrogen) atoms. The molecule has 0 unspecified atom stereocenters. The van der Waals surface area contributed by atoms with Crippen LogP contribution in [0.1, 0.15) is 53.1 Å². The molecule has 1 aromatic heterocycles. The third-order valence-electron chi connectivity index (χ3n) is 6.30. The Morgan fingerprint density at radius 2 is 2.00 bits per heavy atom. The second-order valence-electron chi connectivity index (χ2n) is 8.04. The van der Waals surface area contributed by atoms with Gasteiger partial charge in [0.25, 0.3) is 11.8 Å². The van der Waals surface area contributed by atoms with E-state index in [9.17, 15) is 18.8 Å². The summed E-state index contributed by atoms with van der Waals surface area (Å²) >= 11 is 6.16. The Hall–Kier alpha value is -2.94. The number of carbonyl (C=O) groups excluding carboxylic acids is 3. The van der Waals surface area contributed by atoms with Crippen LogP contribution in [0.5, 0.6) is 0 Å². The van der Waals surface area contributed by atoms with Crippen molar-refractivity contribution >= 4 is 35.0 Å². The Kier molecular flexibility index (Phi) is 5.70. The largest absolute Gasteiger partial charge is 0.354 e. The topological polar surface area (TPSA) is 107 Å². The third-order valence-corrected chi connectivity index (χ3v) is 6.60. The van der Waals surface area contributed by atoms with Crippen LogP contribution in [0.3, 0.4) is 0 Å². The van der Waals surface area contributed by atoms with Gasteiger partial charge in [-0.3, -0.25) is 14.4 Å². The second-order valence-corrected chi connectivity index (χ2v) is 8.44. The number of H-pyrrole nitrogens is 1. The molecule has 0 radical (unpaired) electrons. The summed E-state index contributed by atoms with van der Waals surface area (Å²) in [5, 5.41) is 5.62. The predicted octanol–water partition coefficient (Wildman–Crippen LogP) is 2.66. The van der Waals surface area contributed by atoms with Crippen LogP contribution in [0.15, 0.2) is 24.5 Å².